The van der Waals surface area contributed by atoms with Gasteiger partial charge in [-0.05, 0) is 43.5 Å². The van der Waals surface area contributed by atoms with Crippen LogP contribution in [0.1, 0.15) is 39.7 Å². The van der Waals surface area contributed by atoms with Crippen LogP contribution in [0.15, 0.2) is 51.2 Å². The second-order valence-electron chi connectivity index (χ2n) is 6.84. The zero-order valence-corrected chi connectivity index (χ0v) is 18.1. The summed E-state index contributed by atoms with van der Waals surface area (Å²) in [6.45, 7) is 6.08. The minimum atomic E-state index is -0.303. The average Bonchev–Trinajstić information content (AvgIpc) is 3.31. The van der Waals surface area contributed by atoms with Gasteiger partial charge < -0.3 is 4.42 Å². The van der Waals surface area contributed by atoms with Crippen molar-refractivity contribution in [2.75, 3.05) is 5.32 Å². The van der Waals surface area contributed by atoms with Crippen LogP contribution in [0.5, 0.6) is 0 Å². The summed E-state index contributed by atoms with van der Waals surface area (Å²) in [5, 5.41) is 12.5. The van der Waals surface area contributed by atoms with Gasteiger partial charge in [-0.25, -0.2) is 0 Å². The van der Waals surface area contributed by atoms with E-state index in [9.17, 15) is 4.79 Å². The summed E-state index contributed by atoms with van der Waals surface area (Å²) in [6, 6.07) is 14.4. The van der Waals surface area contributed by atoms with E-state index in [-0.39, 0.29) is 5.91 Å². The van der Waals surface area contributed by atoms with Crippen LogP contribution in [-0.4, -0.2) is 16.1 Å². The number of aromatic nitrogens is 2. The topological polar surface area (TPSA) is 68.0 Å². The van der Waals surface area contributed by atoms with Crippen molar-refractivity contribution in [3.05, 3.63) is 70.5 Å². The van der Waals surface area contributed by atoms with Gasteiger partial charge in [0.15, 0.2) is 10.1 Å². The third-order valence-electron chi connectivity index (χ3n) is 4.72. The highest BCUT2D eigenvalue weighted by Crippen LogP contribution is 2.30. The Morgan fingerprint density at radius 3 is 2.62 bits per heavy atom. The maximum atomic E-state index is 12.7. The fourth-order valence-electron chi connectivity index (χ4n) is 3.01. The first kappa shape index (κ1) is 19.7. The molecule has 29 heavy (non-hydrogen) atoms. The van der Waals surface area contributed by atoms with Crippen LogP contribution in [0.4, 0.5) is 5.13 Å². The third kappa shape index (κ3) is 4.36. The third-order valence-corrected chi connectivity index (χ3v) is 6.77. The molecule has 148 valence electrons. The first-order chi connectivity index (χ1) is 14.0. The fourth-order valence-corrected chi connectivity index (χ4v) is 4.71. The number of aryl methyl sites for hydroxylation is 3. The van der Waals surface area contributed by atoms with Crippen LogP contribution in [0.25, 0.3) is 11.0 Å². The minimum Gasteiger partial charge on any atom is -0.451 e. The first-order valence-electron chi connectivity index (χ1n) is 9.38. The number of hydrogen-bond acceptors (Lipinski definition) is 6. The van der Waals surface area contributed by atoms with E-state index in [2.05, 4.69) is 59.7 Å². The van der Waals surface area contributed by atoms with Gasteiger partial charge in [-0.1, -0.05) is 65.9 Å². The number of fused-ring (bicyclic) bond motifs is 1. The van der Waals surface area contributed by atoms with Crippen LogP contribution in [0.3, 0.4) is 0 Å². The lowest BCUT2D eigenvalue weighted by Crippen LogP contribution is -2.11. The number of amides is 1. The van der Waals surface area contributed by atoms with Gasteiger partial charge in [-0.15, -0.1) is 10.2 Å². The molecule has 0 aliphatic rings. The van der Waals surface area contributed by atoms with Gasteiger partial charge >= 0.3 is 0 Å². The Morgan fingerprint density at radius 2 is 1.86 bits per heavy atom. The van der Waals surface area contributed by atoms with E-state index >= 15 is 0 Å². The van der Waals surface area contributed by atoms with E-state index in [0.29, 0.717) is 10.9 Å². The molecule has 0 fully saturated rings. The van der Waals surface area contributed by atoms with Gasteiger partial charge in [-0.2, -0.15) is 0 Å². The zero-order chi connectivity index (χ0) is 20.4. The number of benzene rings is 2. The van der Waals surface area contributed by atoms with Crippen LogP contribution in [0, 0.1) is 13.8 Å². The van der Waals surface area contributed by atoms with Crippen molar-refractivity contribution >= 4 is 45.1 Å². The number of nitrogens with one attached hydrogen (secondary N) is 1. The Labute approximate surface area is 177 Å². The van der Waals surface area contributed by atoms with Gasteiger partial charge in [0.05, 0.1) is 0 Å². The highest BCUT2D eigenvalue weighted by atomic mass is 32.2. The van der Waals surface area contributed by atoms with E-state index in [1.807, 2.05) is 19.1 Å². The van der Waals surface area contributed by atoms with Gasteiger partial charge in [-0.3, -0.25) is 10.1 Å². The fraction of sp³-hybridized carbons (Fsp3) is 0.227. The molecular weight excluding hydrogens is 402 g/mol. The van der Waals surface area contributed by atoms with Crippen molar-refractivity contribution in [2.45, 2.75) is 37.3 Å². The lowest BCUT2D eigenvalue weighted by atomic mass is 10.1. The lowest BCUT2D eigenvalue weighted by Gasteiger charge is -1.99. The molecule has 2 heterocycles. The maximum Gasteiger partial charge on any atom is 0.293 e. The first-order valence-corrected chi connectivity index (χ1v) is 11.2. The summed E-state index contributed by atoms with van der Waals surface area (Å²) in [5.74, 6) is 0.825. The molecule has 7 heteroatoms. The van der Waals surface area contributed by atoms with E-state index in [1.165, 1.54) is 28.0 Å². The van der Waals surface area contributed by atoms with Gasteiger partial charge in [0.1, 0.15) is 5.58 Å². The number of anilines is 1. The van der Waals surface area contributed by atoms with Gasteiger partial charge in [0, 0.05) is 16.7 Å². The van der Waals surface area contributed by atoms with Crippen molar-refractivity contribution in [3.8, 4) is 0 Å². The second-order valence-corrected chi connectivity index (χ2v) is 9.04. The van der Waals surface area contributed by atoms with Crippen molar-refractivity contribution in [1.82, 2.24) is 10.2 Å². The molecular formula is C22H21N3O2S2. The Balaban J connectivity index is 1.44. The molecule has 5 nitrogen and oxygen atoms in total. The summed E-state index contributed by atoms with van der Waals surface area (Å²) < 4.78 is 6.61. The van der Waals surface area contributed by atoms with Gasteiger partial charge in [0.2, 0.25) is 5.13 Å². The molecule has 0 atom stereocenters. The number of hydrogen-bond donors (Lipinski definition) is 1. The predicted octanol–water partition coefficient (Wildman–Crippen LogP) is 6.01. The van der Waals surface area contributed by atoms with E-state index in [1.54, 1.807) is 11.8 Å². The van der Waals surface area contributed by atoms with Crippen LogP contribution in [-0.2, 0) is 12.2 Å². The van der Waals surface area contributed by atoms with E-state index < -0.39 is 0 Å². The monoisotopic (exact) mass is 423 g/mol. The molecule has 0 bridgehead atoms. The van der Waals surface area contributed by atoms with Crippen molar-refractivity contribution < 1.29 is 9.21 Å². The van der Waals surface area contributed by atoms with Crippen LogP contribution in [0.2, 0.25) is 0 Å². The molecule has 4 aromatic rings. The van der Waals surface area contributed by atoms with Crippen LogP contribution < -0.4 is 5.32 Å². The zero-order valence-electron chi connectivity index (χ0n) is 16.5. The van der Waals surface area contributed by atoms with E-state index in [0.717, 1.165) is 33.0 Å². The molecule has 0 aliphatic heterocycles. The molecule has 0 saturated carbocycles. The molecule has 4 rings (SSSR count). The van der Waals surface area contributed by atoms with Crippen LogP contribution >= 0.6 is 23.1 Å². The summed E-state index contributed by atoms with van der Waals surface area (Å²) >= 11 is 2.97. The van der Waals surface area contributed by atoms with Crippen molar-refractivity contribution in [2.24, 2.45) is 0 Å². The summed E-state index contributed by atoms with van der Waals surface area (Å²) in [6.07, 6.45) is 0.940. The largest absolute Gasteiger partial charge is 0.451 e. The lowest BCUT2D eigenvalue weighted by molar-refractivity contribution is 0.0998. The Bertz CT molecular complexity index is 1160. The molecule has 0 radical (unpaired) electrons. The Hall–Kier alpha value is -2.64. The SMILES string of the molecule is CCc1ccc2oc(C(=O)Nc3nnc(SCc4ccc(C)cc4)s3)c(C)c2c1. The molecule has 0 spiro atoms. The summed E-state index contributed by atoms with van der Waals surface area (Å²) in [5.41, 5.74) is 5.24. The maximum absolute atomic E-state index is 12.7. The quantitative estimate of drug-likeness (QED) is 0.304. The highest BCUT2D eigenvalue weighted by molar-refractivity contribution is 8.00. The number of carbonyl (C=O) groups excluding carboxylic acids is 1. The Morgan fingerprint density at radius 1 is 1.10 bits per heavy atom. The highest BCUT2D eigenvalue weighted by Gasteiger charge is 2.19. The number of thioether (sulfide) groups is 1. The average molecular weight is 424 g/mol. The normalized spacial score (nSPS) is 11.1. The number of nitrogens with zero attached hydrogens (tertiary/aromatic N) is 2. The van der Waals surface area contributed by atoms with Crippen molar-refractivity contribution in [1.29, 1.82) is 0 Å². The molecule has 1 amide bonds. The smallest absolute Gasteiger partial charge is 0.293 e. The Kier molecular flexibility index (Phi) is 5.69. The molecule has 2 aromatic carbocycles. The minimum absolute atomic E-state index is 0.303. The summed E-state index contributed by atoms with van der Waals surface area (Å²) in [4.78, 5) is 12.7. The molecule has 0 saturated heterocycles. The van der Waals surface area contributed by atoms with Crippen molar-refractivity contribution in [3.63, 3.8) is 0 Å². The molecule has 1 N–H and O–H groups in total. The predicted molar refractivity (Wildman–Crippen MR) is 119 cm³/mol. The molecule has 2 aromatic heterocycles. The second kappa shape index (κ2) is 8.39. The molecule has 0 aliphatic carbocycles. The summed E-state index contributed by atoms with van der Waals surface area (Å²) in [7, 11) is 0. The number of carbonyl (C=O) groups is 1. The van der Waals surface area contributed by atoms with E-state index in [4.69, 9.17) is 4.42 Å². The number of furan rings is 1. The standard InChI is InChI=1S/C22H21N3O2S2/c1-4-15-9-10-18-17(11-15)14(3)19(27-18)20(26)23-21-24-25-22(29-21)28-12-16-7-5-13(2)6-8-16/h5-11H,4,12H2,1-3H3,(H,23,24,26). The number of rotatable bonds is 6. The molecule has 0 unspecified atom stereocenters. The van der Waals surface area contributed by atoms with Gasteiger partial charge in [0.25, 0.3) is 5.91 Å².